The van der Waals surface area contributed by atoms with Gasteiger partial charge in [0.2, 0.25) is 12.3 Å². The average Bonchev–Trinajstić information content (AvgIpc) is 2.41. The highest BCUT2D eigenvalue weighted by Crippen LogP contribution is 2.32. The first kappa shape index (κ1) is 8.19. The van der Waals surface area contributed by atoms with Gasteiger partial charge in [-0.2, -0.15) is 0 Å². The van der Waals surface area contributed by atoms with Crippen LogP contribution in [-0.2, 0) is 9.59 Å². The van der Waals surface area contributed by atoms with Gasteiger partial charge in [0.15, 0.2) is 6.23 Å². The smallest absolute Gasteiger partial charge is 0.239 e. The molecule has 1 aliphatic heterocycles. The minimum atomic E-state index is -1.06. The lowest BCUT2D eigenvalue weighted by Crippen LogP contribution is -2.32. The monoisotopic (exact) mass is 179 g/mol. The van der Waals surface area contributed by atoms with Crippen molar-refractivity contribution in [3.63, 3.8) is 0 Å². The molecule has 0 radical (unpaired) electrons. The second-order valence-corrected chi connectivity index (χ2v) is 3.11. The second kappa shape index (κ2) is 2.81. The number of imide groups is 1. The highest BCUT2D eigenvalue weighted by atomic mass is 16.3. The van der Waals surface area contributed by atoms with E-state index in [9.17, 15) is 14.7 Å². The molecule has 2 amide bonds. The molecule has 1 aliphatic carbocycles. The van der Waals surface area contributed by atoms with Crippen molar-refractivity contribution < 1.29 is 14.7 Å². The molecule has 4 heteroatoms. The second-order valence-electron chi connectivity index (χ2n) is 3.11. The summed E-state index contributed by atoms with van der Waals surface area (Å²) in [6.07, 6.45) is 5.24. The lowest BCUT2D eigenvalue weighted by molar-refractivity contribution is -0.142. The molecule has 0 saturated carbocycles. The van der Waals surface area contributed by atoms with Crippen LogP contribution in [0.4, 0.5) is 0 Å². The Morgan fingerprint density at radius 2 is 2.38 bits per heavy atom. The minimum absolute atomic E-state index is 0.307. The van der Waals surface area contributed by atoms with Crippen LogP contribution >= 0.6 is 0 Å². The maximum Gasteiger partial charge on any atom is 0.239 e. The maximum absolute atomic E-state index is 11.4. The fraction of sp³-hybridized carbons (Fsp3) is 0.333. The molecule has 2 unspecified atom stereocenters. The largest absolute Gasteiger partial charge is 0.369 e. The number of fused-ring (bicyclic) bond motifs is 1. The molecule has 0 bridgehead atoms. The first-order valence-electron chi connectivity index (χ1n) is 4.08. The third-order valence-corrected chi connectivity index (χ3v) is 2.43. The van der Waals surface area contributed by atoms with E-state index in [0.29, 0.717) is 18.4 Å². The Balaban J connectivity index is 2.38. The van der Waals surface area contributed by atoms with Crippen LogP contribution in [0.5, 0.6) is 0 Å². The first-order chi connectivity index (χ1) is 6.25. The number of amides is 2. The molecule has 1 N–H and O–H groups in total. The lowest BCUT2D eigenvalue weighted by atomic mass is 9.93. The zero-order chi connectivity index (χ0) is 9.42. The van der Waals surface area contributed by atoms with Gasteiger partial charge in [-0.05, 0) is 12.0 Å². The van der Waals surface area contributed by atoms with Crippen LogP contribution < -0.4 is 0 Å². The summed E-state index contributed by atoms with van der Waals surface area (Å²) < 4.78 is 0. The van der Waals surface area contributed by atoms with Gasteiger partial charge in [-0.3, -0.25) is 14.5 Å². The summed E-state index contributed by atoms with van der Waals surface area (Å²) in [6.45, 7) is 0. The van der Waals surface area contributed by atoms with Gasteiger partial charge in [-0.1, -0.05) is 18.2 Å². The molecule has 0 aromatic carbocycles. The molecule has 0 aromatic heterocycles. The Kier molecular flexibility index (Phi) is 1.77. The van der Waals surface area contributed by atoms with Gasteiger partial charge in [-0.25, -0.2) is 0 Å². The molecule has 2 rings (SSSR count). The van der Waals surface area contributed by atoms with E-state index in [1.165, 1.54) is 0 Å². The quantitative estimate of drug-likeness (QED) is 0.567. The number of likely N-dealkylation sites (tertiary alicyclic amines) is 1. The third-order valence-electron chi connectivity index (χ3n) is 2.43. The zero-order valence-corrected chi connectivity index (χ0v) is 6.88. The molecule has 4 nitrogen and oxygen atoms in total. The summed E-state index contributed by atoms with van der Waals surface area (Å²) in [7, 11) is 0. The molecule has 2 atom stereocenters. The summed E-state index contributed by atoms with van der Waals surface area (Å²) in [5.74, 6) is -0.636. The van der Waals surface area contributed by atoms with Crippen LogP contribution in [0, 0.1) is 5.92 Å². The third kappa shape index (κ3) is 1.02. The predicted octanol–water partition coefficient (Wildman–Crippen LogP) is -0.194. The van der Waals surface area contributed by atoms with E-state index in [1.807, 2.05) is 6.08 Å². The molecule has 1 saturated heterocycles. The molecule has 0 aromatic rings. The summed E-state index contributed by atoms with van der Waals surface area (Å²) in [5.41, 5.74) is 0.625. The van der Waals surface area contributed by atoms with Gasteiger partial charge in [-0.15, -0.1) is 0 Å². The van der Waals surface area contributed by atoms with Gasteiger partial charge in [0.25, 0.3) is 0 Å². The lowest BCUT2D eigenvalue weighted by Gasteiger charge is -2.12. The fourth-order valence-electron chi connectivity index (χ4n) is 1.73. The summed E-state index contributed by atoms with van der Waals surface area (Å²) in [6, 6.07) is 0. The highest BCUT2D eigenvalue weighted by molar-refractivity contribution is 5.94. The Morgan fingerprint density at radius 3 is 3.00 bits per heavy atom. The van der Waals surface area contributed by atoms with Crippen molar-refractivity contribution in [1.29, 1.82) is 0 Å². The number of aliphatic hydroxyl groups excluding tert-OH is 1. The Hall–Kier alpha value is -1.42. The van der Waals surface area contributed by atoms with E-state index in [2.05, 4.69) is 0 Å². The summed E-state index contributed by atoms with van der Waals surface area (Å²) in [5, 5.41) is 9.53. The van der Waals surface area contributed by atoms with Crippen LogP contribution in [0.1, 0.15) is 6.42 Å². The number of allylic oxidation sites excluding steroid dienone is 3. The molecular weight excluding hydrogens is 170 g/mol. The van der Waals surface area contributed by atoms with Gasteiger partial charge < -0.3 is 5.11 Å². The molecular formula is C9H9NO3. The molecule has 2 aliphatic rings. The topological polar surface area (TPSA) is 57.6 Å². The molecule has 1 fully saturated rings. The van der Waals surface area contributed by atoms with Gasteiger partial charge in [0.05, 0.1) is 5.92 Å². The minimum Gasteiger partial charge on any atom is -0.369 e. The van der Waals surface area contributed by atoms with Crippen LogP contribution in [0.3, 0.4) is 0 Å². The van der Waals surface area contributed by atoms with Gasteiger partial charge in [0.1, 0.15) is 0 Å². The summed E-state index contributed by atoms with van der Waals surface area (Å²) >= 11 is 0. The van der Waals surface area contributed by atoms with Crippen molar-refractivity contribution in [2.24, 2.45) is 5.92 Å². The van der Waals surface area contributed by atoms with Crippen LogP contribution in [0.25, 0.3) is 0 Å². The van der Waals surface area contributed by atoms with Crippen molar-refractivity contribution in [2.75, 3.05) is 0 Å². The SMILES string of the molecule is O=CN1C(=O)C2CC=CC=C2C1O. The van der Waals surface area contributed by atoms with Gasteiger partial charge >= 0.3 is 0 Å². The molecule has 0 spiro atoms. The number of carbonyl (C=O) groups is 2. The standard InChI is InChI=1S/C9H9NO3/c11-5-10-8(12)6-3-1-2-4-7(6)9(10)13/h1-3,5,7-8,12H,4H2. The van der Waals surface area contributed by atoms with Gasteiger partial charge in [0, 0.05) is 0 Å². The Morgan fingerprint density at radius 1 is 1.62 bits per heavy atom. The Bertz CT molecular complexity index is 319. The number of nitrogens with zero attached hydrogens (tertiary/aromatic N) is 1. The fourth-order valence-corrected chi connectivity index (χ4v) is 1.73. The van der Waals surface area contributed by atoms with Crippen LogP contribution in [-0.4, -0.2) is 28.6 Å². The maximum atomic E-state index is 11.4. The zero-order valence-electron chi connectivity index (χ0n) is 6.88. The number of carbonyl (C=O) groups excluding carboxylic acids is 2. The highest BCUT2D eigenvalue weighted by Gasteiger charge is 2.42. The number of aliphatic hydroxyl groups is 1. The van der Waals surface area contributed by atoms with E-state index in [1.54, 1.807) is 12.2 Å². The van der Waals surface area contributed by atoms with E-state index in [4.69, 9.17) is 0 Å². The van der Waals surface area contributed by atoms with Crippen molar-refractivity contribution >= 4 is 12.3 Å². The molecule has 13 heavy (non-hydrogen) atoms. The molecule has 68 valence electrons. The first-order valence-corrected chi connectivity index (χ1v) is 4.08. The predicted molar refractivity (Wildman–Crippen MR) is 44.2 cm³/mol. The number of hydrogen-bond donors (Lipinski definition) is 1. The van der Waals surface area contributed by atoms with Crippen LogP contribution in [0.15, 0.2) is 23.8 Å². The van der Waals surface area contributed by atoms with Crippen LogP contribution in [0.2, 0.25) is 0 Å². The average molecular weight is 179 g/mol. The van der Waals surface area contributed by atoms with Crippen molar-refractivity contribution in [1.82, 2.24) is 4.90 Å². The van der Waals surface area contributed by atoms with E-state index >= 15 is 0 Å². The van der Waals surface area contributed by atoms with E-state index in [-0.39, 0.29) is 11.8 Å². The normalized spacial score (nSPS) is 31.6. The molecule has 1 heterocycles. The van der Waals surface area contributed by atoms with E-state index < -0.39 is 6.23 Å². The summed E-state index contributed by atoms with van der Waals surface area (Å²) in [4.78, 5) is 22.7. The number of rotatable bonds is 1. The Labute approximate surface area is 75.1 Å². The van der Waals surface area contributed by atoms with Crippen molar-refractivity contribution in [3.05, 3.63) is 23.8 Å². The van der Waals surface area contributed by atoms with Crippen molar-refractivity contribution in [3.8, 4) is 0 Å². The van der Waals surface area contributed by atoms with E-state index in [0.717, 1.165) is 4.90 Å². The van der Waals surface area contributed by atoms with Crippen molar-refractivity contribution in [2.45, 2.75) is 12.6 Å². The number of hydrogen-bond acceptors (Lipinski definition) is 3.